The van der Waals surface area contributed by atoms with Gasteiger partial charge in [-0.25, -0.2) is 30.4 Å². The highest BCUT2D eigenvalue weighted by molar-refractivity contribution is 8.64. The summed E-state index contributed by atoms with van der Waals surface area (Å²) in [5.41, 5.74) is -1.09. The van der Waals surface area contributed by atoms with E-state index in [9.17, 15) is 26.3 Å². The highest BCUT2D eigenvalue weighted by Crippen LogP contribution is 2.67. The largest absolute Gasteiger partial charge is 0.207 e. The average Bonchev–Trinajstić information content (AvgIpc) is 2.96. The summed E-state index contributed by atoms with van der Waals surface area (Å²) in [7, 11) is 7.57. The predicted molar refractivity (Wildman–Crippen MR) is 76.3 cm³/mol. The lowest BCUT2D eigenvalue weighted by Crippen LogP contribution is -2.11. The van der Waals surface area contributed by atoms with Crippen LogP contribution < -0.4 is 0 Å². The molecular formula is C12H3Cl2F6N3S. The number of benzene rings is 1. The van der Waals surface area contributed by atoms with Crippen LogP contribution in [0.5, 0.6) is 0 Å². The molecule has 0 saturated carbocycles. The molecule has 1 aromatic heterocycles. The van der Waals surface area contributed by atoms with Crippen LogP contribution in [-0.2, 0) is 0 Å². The normalized spacial score (nSPS) is 12.1. The number of nitriles is 1. The monoisotopic (exact) mass is 405 g/mol. The zero-order valence-electron chi connectivity index (χ0n) is 11.1. The van der Waals surface area contributed by atoms with Gasteiger partial charge in [-0.15, -0.1) is 5.10 Å². The Labute approximate surface area is 141 Å². The van der Waals surface area contributed by atoms with Crippen molar-refractivity contribution < 1.29 is 26.3 Å². The minimum atomic E-state index is -4.01. The van der Waals surface area contributed by atoms with E-state index in [1.807, 2.05) is 0 Å². The quantitative estimate of drug-likeness (QED) is 0.393. The second kappa shape index (κ2) is 6.23. The van der Waals surface area contributed by atoms with Gasteiger partial charge in [0, 0.05) is 8.64 Å². The minimum absolute atomic E-state index is 0.354. The van der Waals surface area contributed by atoms with Crippen LogP contribution in [0.2, 0.25) is 0 Å². The van der Waals surface area contributed by atoms with E-state index in [2.05, 4.69) is 11.7 Å². The van der Waals surface area contributed by atoms with Crippen LogP contribution >= 0.6 is 30.0 Å². The molecule has 1 heterocycles. The molecule has 3 nitrogen and oxygen atoms in total. The molecule has 12 heteroatoms. The lowest BCUT2D eigenvalue weighted by atomic mass is 10.2. The van der Waals surface area contributed by atoms with E-state index in [1.165, 1.54) is 6.07 Å². The van der Waals surface area contributed by atoms with Gasteiger partial charge in [0.25, 0.3) is 0 Å². The third-order valence-electron chi connectivity index (χ3n) is 2.74. The van der Waals surface area contributed by atoms with Gasteiger partial charge < -0.3 is 0 Å². The fourth-order valence-electron chi connectivity index (χ4n) is 1.65. The first kappa shape index (κ1) is 18.5. The third-order valence-corrected chi connectivity index (χ3v) is 6.02. The average molecular weight is 406 g/mol. The molecule has 0 aliphatic rings. The van der Waals surface area contributed by atoms with Gasteiger partial charge in [0.05, 0.1) is 11.8 Å². The number of nitrogens with zero attached hydrogens (tertiary/aromatic N) is 3. The van der Waals surface area contributed by atoms with Crippen molar-refractivity contribution in [1.82, 2.24) is 9.19 Å². The van der Waals surface area contributed by atoms with Gasteiger partial charge in [-0.3, -0.25) is 0 Å². The van der Waals surface area contributed by atoms with E-state index in [0.29, 0.717) is 10.3 Å². The molecular weight excluding hydrogens is 403 g/mol. The Balaban J connectivity index is 2.78. The van der Waals surface area contributed by atoms with Crippen molar-refractivity contribution in [3.05, 3.63) is 53.1 Å². The standard InChI is InChI=1S/C12H3Cl2F6N3S/c1-4(15)5-3-23(22-6(5)2-21)24(13,14)12-10(19)8(17)7(16)9(18)11(12)20/h3H,1H2. The highest BCUT2D eigenvalue weighted by atomic mass is 36.0. The van der Waals surface area contributed by atoms with E-state index >= 15 is 0 Å². The smallest absolute Gasteiger partial charge is 0.200 e. The number of hydrogen-bond acceptors (Lipinski definition) is 2. The molecule has 0 atom stereocenters. The van der Waals surface area contributed by atoms with Crippen molar-refractivity contribution in [3.63, 3.8) is 0 Å². The summed E-state index contributed by atoms with van der Waals surface area (Å²) in [6, 6.07) is 1.45. The molecule has 0 saturated heterocycles. The van der Waals surface area contributed by atoms with Gasteiger partial charge in [-0.1, -0.05) is 6.58 Å². The van der Waals surface area contributed by atoms with Crippen molar-refractivity contribution >= 4 is 35.8 Å². The highest BCUT2D eigenvalue weighted by Gasteiger charge is 2.38. The third kappa shape index (κ3) is 2.72. The summed E-state index contributed by atoms with van der Waals surface area (Å²) in [4.78, 5) is -1.55. The molecule has 0 bridgehead atoms. The Morgan fingerprint density at radius 2 is 1.54 bits per heavy atom. The summed E-state index contributed by atoms with van der Waals surface area (Å²) >= 11 is 0. The van der Waals surface area contributed by atoms with Crippen molar-refractivity contribution in [2.45, 2.75) is 4.90 Å². The maximum Gasteiger partial charge on any atom is 0.200 e. The first-order valence-corrected chi connectivity index (χ1v) is 8.87. The first-order valence-electron chi connectivity index (χ1n) is 5.63. The predicted octanol–water partition coefficient (Wildman–Crippen LogP) is 5.32. The van der Waals surface area contributed by atoms with E-state index in [4.69, 9.17) is 26.6 Å². The molecule has 0 aliphatic carbocycles. The fraction of sp³-hybridized carbons (Fsp3) is 0. The van der Waals surface area contributed by atoms with Crippen LogP contribution in [0, 0.1) is 40.4 Å². The van der Waals surface area contributed by atoms with Gasteiger partial charge in [0.1, 0.15) is 16.8 Å². The summed E-state index contributed by atoms with van der Waals surface area (Å²) < 4.78 is 81.0. The van der Waals surface area contributed by atoms with Gasteiger partial charge in [0.2, 0.25) is 5.82 Å². The van der Waals surface area contributed by atoms with Crippen molar-refractivity contribution in [1.29, 1.82) is 5.26 Å². The van der Waals surface area contributed by atoms with Crippen LogP contribution in [0.3, 0.4) is 0 Å². The number of rotatable bonds is 3. The van der Waals surface area contributed by atoms with E-state index < -0.39 is 59.7 Å². The molecule has 0 amide bonds. The van der Waals surface area contributed by atoms with Crippen molar-refractivity contribution in [3.8, 4) is 6.07 Å². The Hall–Kier alpha value is -1.83. The molecule has 0 N–H and O–H groups in total. The molecule has 128 valence electrons. The second-order valence-corrected chi connectivity index (χ2v) is 8.97. The van der Waals surface area contributed by atoms with E-state index in [-0.39, 0.29) is 0 Å². The number of aromatic nitrogens is 2. The van der Waals surface area contributed by atoms with E-state index in [1.54, 1.807) is 0 Å². The Morgan fingerprint density at radius 3 is 1.92 bits per heavy atom. The molecule has 1 aromatic carbocycles. The van der Waals surface area contributed by atoms with Crippen molar-refractivity contribution in [2.75, 3.05) is 0 Å². The molecule has 0 unspecified atom stereocenters. The van der Waals surface area contributed by atoms with Gasteiger partial charge in [-0.05, 0) is 21.4 Å². The summed E-state index contributed by atoms with van der Waals surface area (Å²) in [5, 5.41) is 12.2. The summed E-state index contributed by atoms with van der Waals surface area (Å²) in [6.07, 6.45) is 0.675. The van der Waals surface area contributed by atoms with Crippen molar-refractivity contribution in [2.24, 2.45) is 0 Å². The van der Waals surface area contributed by atoms with Gasteiger partial charge >= 0.3 is 0 Å². The molecule has 2 rings (SSSR count). The lowest BCUT2D eigenvalue weighted by molar-refractivity contribution is 0.360. The Kier molecular flexibility index (Phi) is 4.81. The van der Waals surface area contributed by atoms with E-state index in [0.717, 1.165) is 0 Å². The van der Waals surface area contributed by atoms with Gasteiger partial charge in [-0.2, -0.15) is 5.26 Å². The zero-order valence-corrected chi connectivity index (χ0v) is 13.4. The number of hydrogen-bond donors (Lipinski definition) is 0. The summed E-state index contributed by atoms with van der Waals surface area (Å²) in [5.74, 6) is -12.6. The SMILES string of the molecule is C=C(F)c1cn(S(Cl)(Cl)c2c(F)c(F)c(F)c(F)c2F)nc1C#N. The molecule has 0 aliphatic heterocycles. The molecule has 0 fully saturated rings. The Morgan fingerprint density at radius 1 is 1.08 bits per heavy atom. The van der Waals surface area contributed by atoms with Crippen LogP contribution in [0.1, 0.15) is 11.3 Å². The van der Waals surface area contributed by atoms with Crippen LogP contribution in [0.15, 0.2) is 17.7 Å². The first-order chi connectivity index (χ1) is 11.0. The molecule has 0 spiro atoms. The van der Waals surface area contributed by atoms with Gasteiger partial charge in [0.15, 0.2) is 29.0 Å². The number of halogens is 8. The lowest BCUT2D eigenvalue weighted by Gasteiger charge is -2.26. The molecule has 2 aromatic rings. The second-order valence-electron chi connectivity index (χ2n) is 4.15. The maximum absolute atomic E-state index is 13.9. The maximum atomic E-state index is 13.9. The summed E-state index contributed by atoms with van der Waals surface area (Å²) in [6.45, 7) is 2.91. The fourth-order valence-corrected chi connectivity index (χ4v) is 4.10. The Bertz CT molecular complexity index is 876. The zero-order chi connectivity index (χ0) is 18.4. The van der Waals surface area contributed by atoms with Crippen LogP contribution in [0.4, 0.5) is 26.3 Å². The molecule has 24 heavy (non-hydrogen) atoms. The van der Waals surface area contributed by atoms with Crippen LogP contribution in [0.25, 0.3) is 5.83 Å². The molecule has 0 radical (unpaired) electrons. The topological polar surface area (TPSA) is 41.6 Å². The minimum Gasteiger partial charge on any atom is -0.207 e. The van der Waals surface area contributed by atoms with Crippen LogP contribution in [-0.4, -0.2) is 9.19 Å².